The number of alkyl halides is 15. The minimum atomic E-state index is -6.37. The van der Waals surface area contributed by atoms with Gasteiger partial charge in [-0.2, -0.15) is 65.9 Å². The van der Waals surface area contributed by atoms with Gasteiger partial charge in [0.1, 0.15) is 6.10 Å². The summed E-state index contributed by atoms with van der Waals surface area (Å²) in [5.41, 5.74) is -18.9. The summed E-state index contributed by atoms with van der Waals surface area (Å²) in [5.74, 6) is -3.38. The summed E-state index contributed by atoms with van der Waals surface area (Å²) in [4.78, 5) is 24.8. The zero-order valence-corrected chi connectivity index (χ0v) is 31.0. The minimum Gasteiger partial charge on any atom is -0.458 e. The first-order valence-corrected chi connectivity index (χ1v) is 17.5. The Bertz CT molecular complexity index is 1320. The van der Waals surface area contributed by atoms with Gasteiger partial charge in [-0.3, -0.25) is 9.59 Å². The Morgan fingerprint density at radius 3 is 1.53 bits per heavy atom. The van der Waals surface area contributed by atoms with E-state index < -0.39 is 95.3 Å². The van der Waals surface area contributed by atoms with E-state index in [0.29, 0.717) is 44.4 Å². The molecule has 0 spiro atoms. The summed E-state index contributed by atoms with van der Waals surface area (Å²) < 4.78 is 206. The normalized spacial score (nSPS) is 27.9. The number of aliphatic hydroxyl groups is 2. The molecule has 55 heavy (non-hydrogen) atoms. The van der Waals surface area contributed by atoms with E-state index in [9.17, 15) is 85.7 Å². The fourth-order valence-corrected chi connectivity index (χ4v) is 8.13. The number of ether oxygens (including phenoxy) is 2. The molecule has 3 aliphatic carbocycles. The van der Waals surface area contributed by atoms with Crippen LogP contribution in [0.3, 0.4) is 0 Å². The highest BCUT2D eigenvalue weighted by molar-refractivity contribution is 5.78. The molecular formula is C34H47F15O6. The van der Waals surface area contributed by atoms with Crippen LogP contribution in [-0.4, -0.2) is 75.9 Å². The molecule has 0 heterocycles. The maximum atomic E-state index is 13.6. The molecule has 2 bridgehead atoms. The molecule has 0 aromatic heterocycles. The van der Waals surface area contributed by atoms with Crippen LogP contribution in [0.2, 0.25) is 0 Å². The van der Waals surface area contributed by atoms with Crippen LogP contribution >= 0.6 is 0 Å². The number of fused-ring (bicyclic) bond motifs is 2. The Labute approximate surface area is 307 Å². The molecule has 324 valence electrons. The molecule has 6 nitrogen and oxygen atoms in total. The maximum Gasteiger partial charge on any atom is 0.430 e. The van der Waals surface area contributed by atoms with E-state index in [1.807, 2.05) is 6.92 Å². The van der Waals surface area contributed by atoms with Crippen molar-refractivity contribution in [2.45, 2.75) is 160 Å². The summed E-state index contributed by atoms with van der Waals surface area (Å²) in [5, 5.41) is 19.2. The van der Waals surface area contributed by atoms with E-state index in [1.54, 1.807) is 6.92 Å². The van der Waals surface area contributed by atoms with Gasteiger partial charge in [0, 0.05) is 0 Å². The monoisotopic (exact) mass is 836 g/mol. The van der Waals surface area contributed by atoms with Crippen molar-refractivity contribution < 1.29 is 95.1 Å². The lowest BCUT2D eigenvalue weighted by molar-refractivity contribution is -0.408. The van der Waals surface area contributed by atoms with E-state index in [2.05, 4.69) is 11.7 Å². The Morgan fingerprint density at radius 2 is 1.18 bits per heavy atom. The van der Waals surface area contributed by atoms with Gasteiger partial charge in [-0.15, -0.1) is 0 Å². The average Bonchev–Trinajstić information content (AvgIpc) is 3.51. The highest BCUT2D eigenvalue weighted by Crippen LogP contribution is 2.62. The molecule has 3 fully saturated rings. The fourth-order valence-electron chi connectivity index (χ4n) is 8.13. The van der Waals surface area contributed by atoms with Crippen molar-refractivity contribution in [1.82, 2.24) is 0 Å². The predicted molar refractivity (Wildman–Crippen MR) is 162 cm³/mol. The molecule has 0 amide bonds. The van der Waals surface area contributed by atoms with Gasteiger partial charge in [0.15, 0.2) is 11.0 Å². The summed E-state index contributed by atoms with van der Waals surface area (Å²) in [6.07, 6.45) is -30.2. The first kappa shape index (κ1) is 49.0. The lowest BCUT2D eigenvalue weighted by Gasteiger charge is -2.44. The van der Waals surface area contributed by atoms with Crippen molar-refractivity contribution in [2.75, 3.05) is 0 Å². The maximum absolute atomic E-state index is 13.6. The second-order valence-corrected chi connectivity index (χ2v) is 16.1. The molecule has 0 aromatic rings. The minimum absolute atomic E-state index is 0.0261. The van der Waals surface area contributed by atoms with Crippen LogP contribution in [0.15, 0.2) is 0 Å². The van der Waals surface area contributed by atoms with Crippen LogP contribution in [0.25, 0.3) is 0 Å². The molecule has 7 atom stereocenters. The number of rotatable bonds is 9. The van der Waals surface area contributed by atoms with Gasteiger partial charge in [-0.25, -0.2) is 0 Å². The largest absolute Gasteiger partial charge is 0.458 e. The standard InChI is InChI=1S/C22H32F6O3.C12H15F9O3/c1-12-13(2)16-10-15(12)11-19(16,3)18(29)31-17(9-14-7-5-4-6-8-14)20(30,21(23,24)25)22(26,27)28;1-5-8(4,10(13,14)15)6(22)24-7(2,3)9(23,11(16,17)18)12(19,20)21/h12-17,30H,4-11H2,1-3H3;23H,5H2,1-4H3. The molecule has 21 heteroatoms. The van der Waals surface area contributed by atoms with Crippen molar-refractivity contribution in [3.8, 4) is 0 Å². The van der Waals surface area contributed by atoms with Gasteiger partial charge >= 0.3 is 42.8 Å². The van der Waals surface area contributed by atoms with Crippen LogP contribution in [-0.2, 0) is 19.1 Å². The van der Waals surface area contributed by atoms with Crippen LogP contribution in [0.4, 0.5) is 65.9 Å². The van der Waals surface area contributed by atoms with Gasteiger partial charge < -0.3 is 19.7 Å². The van der Waals surface area contributed by atoms with Gasteiger partial charge in [0.05, 0.1) is 5.41 Å². The molecule has 3 saturated carbocycles. The first-order valence-electron chi connectivity index (χ1n) is 17.5. The smallest absolute Gasteiger partial charge is 0.430 e. The Kier molecular flexibility index (Phi) is 13.8. The third-order valence-electron chi connectivity index (χ3n) is 12.4. The Balaban J connectivity index is 0.000000395. The SMILES string of the molecule is CC1C2CC(C1C)C(C)(C(=O)OC(CC1CCCCC1)C(O)(C(F)(F)F)C(F)(F)F)C2.CCC(C)(C(=O)OC(C)(C)C(O)(C(F)(F)F)C(F)(F)F)C(F)(F)F. The third kappa shape index (κ3) is 8.81. The fraction of sp³-hybridized carbons (Fsp3) is 0.941. The van der Waals surface area contributed by atoms with E-state index in [1.165, 1.54) is 0 Å². The van der Waals surface area contributed by atoms with Gasteiger partial charge in [0.2, 0.25) is 0 Å². The average molecular weight is 837 g/mol. The van der Waals surface area contributed by atoms with Gasteiger partial charge in [-0.05, 0) is 83.0 Å². The zero-order chi connectivity index (χ0) is 43.4. The van der Waals surface area contributed by atoms with Crippen molar-refractivity contribution in [2.24, 2.45) is 40.4 Å². The molecule has 0 saturated heterocycles. The van der Waals surface area contributed by atoms with Gasteiger partial charge in [-0.1, -0.05) is 52.9 Å². The van der Waals surface area contributed by atoms with E-state index >= 15 is 0 Å². The zero-order valence-electron chi connectivity index (χ0n) is 31.0. The molecule has 7 unspecified atom stereocenters. The van der Waals surface area contributed by atoms with E-state index in [0.717, 1.165) is 13.3 Å². The van der Waals surface area contributed by atoms with Crippen LogP contribution < -0.4 is 0 Å². The van der Waals surface area contributed by atoms with Crippen molar-refractivity contribution in [3.05, 3.63) is 0 Å². The predicted octanol–water partition coefficient (Wildman–Crippen LogP) is 10.2. The second-order valence-electron chi connectivity index (χ2n) is 16.1. The van der Waals surface area contributed by atoms with E-state index in [-0.39, 0.29) is 38.5 Å². The molecular weight excluding hydrogens is 789 g/mol. The summed E-state index contributed by atoms with van der Waals surface area (Å²) >= 11 is 0. The number of halogens is 15. The molecule has 3 aliphatic rings. The first-order chi connectivity index (χ1) is 24.3. The Hall–Kier alpha value is -2.19. The van der Waals surface area contributed by atoms with Crippen LogP contribution in [0.5, 0.6) is 0 Å². The number of hydrogen-bond donors (Lipinski definition) is 2. The number of esters is 2. The van der Waals surface area contributed by atoms with Crippen LogP contribution in [0, 0.1) is 40.4 Å². The quantitative estimate of drug-likeness (QED) is 0.178. The number of carbonyl (C=O) groups excluding carboxylic acids is 2. The molecule has 0 aromatic carbocycles. The molecule has 0 radical (unpaired) electrons. The molecule has 3 rings (SSSR count). The molecule has 0 aliphatic heterocycles. The second kappa shape index (κ2) is 15.5. The topological polar surface area (TPSA) is 93.1 Å². The number of carbonyl (C=O) groups is 2. The van der Waals surface area contributed by atoms with Crippen molar-refractivity contribution >= 4 is 11.9 Å². The summed E-state index contributed by atoms with van der Waals surface area (Å²) in [7, 11) is 0. The summed E-state index contributed by atoms with van der Waals surface area (Å²) in [6, 6.07) is 0. The van der Waals surface area contributed by atoms with Crippen LogP contribution in [0.1, 0.15) is 106 Å². The van der Waals surface area contributed by atoms with Gasteiger partial charge in [0.25, 0.3) is 11.2 Å². The third-order valence-corrected chi connectivity index (χ3v) is 12.4. The van der Waals surface area contributed by atoms with E-state index in [4.69, 9.17) is 4.74 Å². The molecule has 2 N–H and O–H groups in total. The highest BCUT2D eigenvalue weighted by Gasteiger charge is 2.79. The Morgan fingerprint density at radius 1 is 0.727 bits per heavy atom. The summed E-state index contributed by atoms with van der Waals surface area (Å²) in [6.45, 7) is 6.77. The lowest BCUT2D eigenvalue weighted by Crippen LogP contribution is -2.70. The lowest BCUT2D eigenvalue weighted by atomic mass is 9.66. The van der Waals surface area contributed by atoms with Crippen molar-refractivity contribution in [3.63, 3.8) is 0 Å². The highest BCUT2D eigenvalue weighted by atomic mass is 19.4. The number of hydrogen-bond acceptors (Lipinski definition) is 6. The van der Waals surface area contributed by atoms with Crippen molar-refractivity contribution in [1.29, 1.82) is 0 Å².